The van der Waals surface area contributed by atoms with E-state index >= 15 is 0 Å². The summed E-state index contributed by atoms with van der Waals surface area (Å²) in [7, 11) is 0.175. The predicted octanol–water partition coefficient (Wildman–Crippen LogP) is 5.99. The van der Waals surface area contributed by atoms with Crippen LogP contribution < -0.4 is 5.30 Å². The Morgan fingerprint density at radius 2 is 1.24 bits per heavy atom. The Kier molecular flexibility index (Phi) is 7.93. The molecule has 0 heterocycles. The molecule has 4 aromatic rings. The first-order valence-electron chi connectivity index (χ1n) is 10.6. The van der Waals surface area contributed by atoms with Crippen LogP contribution in [0.2, 0.25) is 0 Å². The van der Waals surface area contributed by atoms with Crippen molar-refractivity contribution in [1.29, 1.82) is 0 Å². The zero-order chi connectivity index (χ0) is 24.8. The molecular weight excluding hydrogens is 447 g/mol. The second-order valence-corrected chi connectivity index (χ2v) is 9.13. The summed E-state index contributed by atoms with van der Waals surface area (Å²) < 4.78 is 0. The third kappa shape index (κ3) is 5.75. The number of carboxylic acid groups (broad SMARTS) is 2. The van der Waals surface area contributed by atoms with Crippen LogP contribution in [0.25, 0.3) is 10.8 Å². The molecule has 0 aliphatic carbocycles. The zero-order valence-corrected chi connectivity index (χ0v) is 20.1. The van der Waals surface area contributed by atoms with Gasteiger partial charge in [0.25, 0.3) is 0 Å². The van der Waals surface area contributed by atoms with Gasteiger partial charge >= 0.3 is 11.9 Å². The average Bonchev–Trinajstić information content (AvgIpc) is 2.81. The van der Waals surface area contributed by atoms with Crippen molar-refractivity contribution >= 4 is 42.1 Å². The molecule has 0 saturated carbocycles. The van der Waals surface area contributed by atoms with Crippen LogP contribution in [0, 0.1) is 20.8 Å². The Labute approximate surface area is 199 Å². The summed E-state index contributed by atoms with van der Waals surface area (Å²) in [4.78, 5) is 33.9. The highest BCUT2D eigenvalue weighted by atomic mass is 31.1. The lowest BCUT2D eigenvalue weighted by molar-refractivity contribution is 0.0696. The first kappa shape index (κ1) is 24.8. The Bertz CT molecular complexity index is 1350. The van der Waals surface area contributed by atoms with Gasteiger partial charge in [-0.2, -0.15) is 0 Å². The molecule has 5 nitrogen and oxygen atoms in total. The van der Waals surface area contributed by atoms with Crippen molar-refractivity contribution < 1.29 is 24.6 Å². The molecule has 0 spiro atoms. The highest BCUT2D eigenvalue weighted by molar-refractivity contribution is 7.66. The van der Waals surface area contributed by atoms with Crippen LogP contribution >= 0.6 is 8.58 Å². The Morgan fingerprint density at radius 3 is 1.88 bits per heavy atom. The van der Waals surface area contributed by atoms with Gasteiger partial charge in [0.05, 0.1) is 11.1 Å². The van der Waals surface area contributed by atoms with Crippen LogP contribution in [0.3, 0.4) is 0 Å². The smallest absolute Gasteiger partial charge is 0.335 e. The molecule has 2 N–H and O–H groups in total. The van der Waals surface area contributed by atoms with Crippen LogP contribution in [0.5, 0.6) is 0 Å². The molecule has 0 saturated heterocycles. The van der Waals surface area contributed by atoms with Gasteiger partial charge in [0.2, 0.25) is 0 Å². The third-order valence-corrected chi connectivity index (χ3v) is 6.77. The third-order valence-electron chi connectivity index (χ3n) is 5.47. The number of carboxylic acids is 2. The van der Waals surface area contributed by atoms with Crippen molar-refractivity contribution in [3.8, 4) is 0 Å². The molecular formula is C28H25O5P. The normalized spacial score (nSPS) is 10.7. The monoisotopic (exact) mass is 472 g/mol. The van der Waals surface area contributed by atoms with Gasteiger partial charge in [-0.1, -0.05) is 72.3 Å². The zero-order valence-electron chi connectivity index (χ0n) is 19.1. The highest BCUT2D eigenvalue weighted by Crippen LogP contribution is 2.26. The SMILES string of the molecule is Cc1c(C(=O)O)cccc1C(=O)O.Cc1ccc(C)c(PC(=O)c2cccc3ccccc23)c1. The molecule has 1 unspecified atom stereocenters. The first-order valence-corrected chi connectivity index (χ1v) is 11.6. The maximum absolute atomic E-state index is 12.7. The molecule has 172 valence electrons. The molecule has 4 aromatic carbocycles. The van der Waals surface area contributed by atoms with E-state index in [9.17, 15) is 14.4 Å². The van der Waals surface area contributed by atoms with E-state index in [-0.39, 0.29) is 30.8 Å². The van der Waals surface area contributed by atoms with Crippen LogP contribution in [0.15, 0.2) is 78.9 Å². The van der Waals surface area contributed by atoms with Crippen molar-refractivity contribution in [2.45, 2.75) is 20.8 Å². The maximum Gasteiger partial charge on any atom is 0.335 e. The number of rotatable bonds is 5. The van der Waals surface area contributed by atoms with Gasteiger partial charge in [-0.05, 0) is 68.7 Å². The van der Waals surface area contributed by atoms with Gasteiger partial charge < -0.3 is 10.2 Å². The topological polar surface area (TPSA) is 91.7 Å². The Balaban J connectivity index is 0.000000215. The second kappa shape index (κ2) is 10.9. The van der Waals surface area contributed by atoms with Gasteiger partial charge in [-0.15, -0.1) is 0 Å². The molecule has 6 heteroatoms. The number of aromatic carboxylic acids is 2. The van der Waals surface area contributed by atoms with Crippen LogP contribution in [0.4, 0.5) is 0 Å². The number of benzene rings is 4. The molecule has 0 fully saturated rings. The summed E-state index contributed by atoms with van der Waals surface area (Å²) in [5.41, 5.74) is 3.76. The standard InChI is InChI=1S/C19H17OP.C9H8O4/c1-13-10-11-14(2)18(12-13)21-19(20)17-9-5-7-15-6-3-4-8-16(15)17;1-5-6(8(10)11)3-2-4-7(5)9(12)13/h3-12,21H,1-2H3;2-4H,1H3,(H,10,11)(H,12,13). The summed E-state index contributed by atoms with van der Waals surface area (Å²) in [6.45, 7) is 5.61. The quantitative estimate of drug-likeness (QED) is 0.348. The lowest BCUT2D eigenvalue weighted by Gasteiger charge is -2.09. The molecule has 0 amide bonds. The van der Waals surface area contributed by atoms with Gasteiger partial charge in [0.15, 0.2) is 5.52 Å². The summed E-state index contributed by atoms with van der Waals surface area (Å²) in [5, 5.41) is 20.7. The summed E-state index contributed by atoms with van der Waals surface area (Å²) in [6.07, 6.45) is 0. The van der Waals surface area contributed by atoms with E-state index < -0.39 is 11.9 Å². The van der Waals surface area contributed by atoms with Gasteiger partial charge in [0, 0.05) is 5.56 Å². The van der Waals surface area contributed by atoms with Crippen molar-refractivity contribution in [2.75, 3.05) is 0 Å². The summed E-state index contributed by atoms with van der Waals surface area (Å²) in [6, 6.07) is 24.5. The first-order chi connectivity index (χ1) is 16.2. The summed E-state index contributed by atoms with van der Waals surface area (Å²) >= 11 is 0. The Hall–Kier alpha value is -3.82. The van der Waals surface area contributed by atoms with Crippen molar-refractivity contribution in [1.82, 2.24) is 0 Å². The van der Waals surface area contributed by atoms with Crippen LogP contribution in [-0.4, -0.2) is 27.7 Å². The van der Waals surface area contributed by atoms with E-state index in [0.29, 0.717) is 0 Å². The van der Waals surface area contributed by atoms with Gasteiger partial charge in [0.1, 0.15) is 0 Å². The van der Waals surface area contributed by atoms with Crippen molar-refractivity contribution in [3.05, 3.63) is 112 Å². The molecule has 0 radical (unpaired) electrons. The van der Waals surface area contributed by atoms with Crippen molar-refractivity contribution in [3.63, 3.8) is 0 Å². The number of carbonyl (C=O) groups is 3. The minimum atomic E-state index is -1.11. The van der Waals surface area contributed by atoms with E-state index in [0.717, 1.165) is 21.6 Å². The number of carbonyl (C=O) groups excluding carboxylic acids is 1. The molecule has 1 atom stereocenters. The van der Waals surface area contributed by atoms with Gasteiger partial charge in [-0.3, -0.25) is 4.79 Å². The molecule has 0 aliphatic heterocycles. The molecule has 0 aliphatic rings. The van der Waals surface area contributed by atoms with E-state index in [1.54, 1.807) is 0 Å². The number of fused-ring (bicyclic) bond motifs is 1. The largest absolute Gasteiger partial charge is 0.478 e. The van der Waals surface area contributed by atoms with Crippen molar-refractivity contribution in [2.24, 2.45) is 0 Å². The molecule has 0 bridgehead atoms. The fourth-order valence-electron chi connectivity index (χ4n) is 3.58. The van der Waals surface area contributed by atoms with E-state index in [1.807, 2.05) is 42.5 Å². The molecule has 4 rings (SSSR count). The van der Waals surface area contributed by atoms with E-state index in [4.69, 9.17) is 10.2 Å². The van der Waals surface area contributed by atoms with Crippen LogP contribution in [-0.2, 0) is 0 Å². The lowest BCUT2D eigenvalue weighted by atomic mass is 10.0. The minimum absolute atomic E-state index is 0.0277. The number of hydrogen-bond acceptors (Lipinski definition) is 3. The lowest BCUT2D eigenvalue weighted by Crippen LogP contribution is -2.06. The number of hydrogen-bond donors (Lipinski definition) is 2. The van der Waals surface area contributed by atoms with E-state index in [2.05, 4.69) is 32.0 Å². The minimum Gasteiger partial charge on any atom is -0.478 e. The van der Waals surface area contributed by atoms with E-state index in [1.165, 1.54) is 36.2 Å². The molecule has 34 heavy (non-hydrogen) atoms. The number of aryl methyl sites for hydroxylation is 2. The predicted molar refractivity (Wildman–Crippen MR) is 137 cm³/mol. The van der Waals surface area contributed by atoms with Gasteiger partial charge in [-0.25, -0.2) is 9.59 Å². The second-order valence-electron chi connectivity index (χ2n) is 7.89. The molecule has 0 aromatic heterocycles. The Morgan fingerprint density at radius 1 is 0.676 bits per heavy atom. The average molecular weight is 472 g/mol. The fraction of sp³-hybridized carbons (Fsp3) is 0.107. The fourth-order valence-corrected chi connectivity index (χ4v) is 4.76. The summed E-state index contributed by atoms with van der Waals surface area (Å²) in [5.74, 6) is -2.22. The van der Waals surface area contributed by atoms with Crippen LogP contribution in [0.1, 0.15) is 47.8 Å². The maximum atomic E-state index is 12.7. The highest BCUT2D eigenvalue weighted by Gasteiger charge is 2.14.